The van der Waals surface area contributed by atoms with Crippen molar-refractivity contribution in [2.75, 3.05) is 0 Å². The topological polar surface area (TPSA) is 72.2 Å². The summed E-state index contributed by atoms with van der Waals surface area (Å²) in [5.41, 5.74) is 7.89. The molecule has 0 fully saturated rings. The van der Waals surface area contributed by atoms with E-state index in [9.17, 15) is 9.59 Å². The molecule has 0 aliphatic rings. The number of hydrogen-bond acceptors (Lipinski definition) is 2. The number of rotatable bonds is 7. The van der Waals surface area contributed by atoms with Crippen molar-refractivity contribution in [2.45, 2.75) is 18.4 Å². The highest BCUT2D eigenvalue weighted by Gasteiger charge is 2.27. The molecule has 0 saturated carbocycles. The van der Waals surface area contributed by atoms with Gasteiger partial charge < -0.3 is 11.1 Å². The van der Waals surface area contributed by atoms with Crippen molar-refractivity contribution in [3.8, 4) is 0 Å². The average Bonchev–Trinajstić information content (AvgIpc) is 2.71. The minimum atomic E-state index is -0.906. The van der Waals surface area contributed by atoms with Crippen molar-refractivity contribution in [3.63, 3.8) is 0 Å². The van der Waals surface area contributed by atoms with E-state index >= 15 is 0 Å². The van der Waals surface area contributed by atoms with E-state index in [0.29, 0.717) is 15.6 Å². The van der Waals surface area contributed by atoms with Crippen LogP contribution in [0.15, 0.2) is 78.9 Å². The Morgan fingerprint density at radius 1 is 0.862 bits per heavy atom. The van der Waals surface area contributed by atoms with Gasteiger partial charge in [0, 0.05) is 16.5 Å². The van der Waals surface area contributed by atoms with Gasteiger partial charge in [-0.15, -0.1) is 0 Å². The number of amides is 2. The Hall–Kier alpha value is -2.82. The van der Waals surface area contributed by atoms with E-state index in [1.54, 1.807) is 18.2 Å². The van der Waals surface area contributed by atoms with Crippen molar-refractivity contribution in [3.05, 3.63) is 106 Å². The first-order valence-electron chi connectivity index (χ1n) is 9.09. The summed E-state index contributed by atoms with van der Waals surface area (Å²) in [6.45, 7) is 0. The van der Waals surface area contributed by atoms with Crippen LogP contribution < -0.4 is 11.1 Å². The van der Waals surface area contributed by atoms with E-state index in [2.05, 4.69) is 5.32 Å². The molecule has 0 aliphatic carbocycles. The second-order valence-electron chi connectivity index (χ2n) is 6.66. The molecule has 29 heavy (non-hydrogen) atoms. The maximum Gasteiger partial charge on any atom is 0.240 e. The fraction of sp³-hybridized carbons (Fsp3) is 0.130. The van der Waals surface area contributed by atoms with Gasteiger partial charge in [0.1, 0.15) is 6.04 Å². The quantitative estimate of drug-likeness (QED) is 0.589. The Morgan fingerprint density at radius 3 is 1.90 bits per heavy atom. The number of nitrogens with one attached hydrogen (secondary N) is 1. The molecule has 0 unspecified atom stereocenters. The summed E-state index contributed by atoms with van der Waals surface area (Å²) >= 11 is 12.2. The third-order valence-corrected chi connectivity index (χ3v) is 5.21. The zero-order chi connectivity index (χ0) is 20.8. The van der Waals surface area contributed by atoms with Crippen LogP contribution in [-0.2, 0) is 16.0 Å². The molecule has 3 N–H and O–H groups in total. The molecule has 4 nitrogen and oxygen atoms in total. The van der Waals surface area contributed by atoms with E-state index in [1.807, 2.05) is 60.7 Å². The Bertz CT molecular complexity index is 955. The van der Waals surface area contributed by atoms with Crippen LogP contribution >= 0.6 is 23.2 Å². The summed E-state index contributed by atoms with van der Waals surface area (Å²) in [5.74, 6) is -1.51. The first-order valence-corrected chi connectivity index (χ1v) is 9.85. The van der Waals surface area contributed by atoms with E-state index in [4.69, 9.17) is 28.9 Å². The number of benzene rings is 3. The summed E-state index contributed by atoms with van der Waals surface area (Å²) < 4.78 is 0. The number of carbonyl (C=O) groups excluding carboxylic acids is 2. The predicted octanol–water partition coefficient (Wildman–Crippen LogP) is 4.34. The molecule has 3 aromatic carbocycles. The highest BCUT2D eigenvalue weighted by molar-refractivity contribution is 6.35. The number of primary amides is 1. The van der Waals surface area contributed by atoms with Gasteiger partial charge in [-0.05, 0) is 28.8 Å². The van der Waals surface area contributed by atoms with Crippen molar-refractivity contribution in [1.82, 2.24) is 5.32 Å². The zero-order valence-electron chi connectivity index (χ0n) is 15.5. The molecule has 3 rings (SSSR count). The molecule has 0 aliphatic heterocycles. The molecule has 0 aromatic heterocycles. The summed E-state index contributed by atoms with van der Waals surface area (Å²) in [6, 6.07) is 22.9. The van der Waals surface area contributed by atoms with Crippen molar-refractivity contribution in [2.24, 2.45) is 5.73 Å². The summed E-state index contributed by atoms with van der Waals surface area (Å²) in [6.07, 6.45) is 0.174. The summed E-state index contributed by atoms with van der Waals surface area (Å²) in [4.78, 5) is 25.3. The van der Waals surface area contributed by atoms with Crippen molar-refractivity contribution in [1.29, 1.82) is 0 Å². The summed E-state index contributed by atoms with van der Waals surface area (Å²) in [7, 11) is 0. The lowest BCUT2D eigenvalue weighted by molar-refractivity contribution is -0.127. The molecule has 0 saturated heterocycles. The predicted molar refractivity (Wildman–Crippen MR) is 116 cm³/mol. The van der Waals surface area contributed by atoms with Gasteiger partial charge in [-0.2, -0.15) is 0 Å². The number of carbonyl (C=O) groups is 2. The van der Waals surface area contributed by atoms with Gasteiger partial charge in [0.15, 0.2) is 0 Å². The molecule has 0 heterocycles. The van der Waals surface area contributed by atoms with Crippen LogP contribution in [-0.4, -0.2) is 17.9 Å². The minimum absolute atomic E-state index is 0.174. The Balaban J connectivity index is 1.87. The molecule has 0 radical (unpaired) electrons. The fourth-order valence-electron chi connectivity index (χ4n) is 3.17. The van der Waals surface area contributed by atoms with Crippen molar-refractivity contribution < 1.29 is 9.59 Å². The maximum atomic E-state index is 13.2. The van der Waals surface area contributed by atoms with Crippen LogP contribution in [0.1, 0.15) is 22.6 Å². The second kappa shape index (κ2) is 9.59. The molecule has 6 heteroatoms. The van der Waals surface area contributed by atoms with Crippen LogP contribution in [0, 0.1) is 0 Å². The maximum absolute atomic E-state index is 13.2. The highest BCUT2D eigenvalue weighted by Crippen LogP contribution is 2.26. The molecule has 0 spiro atoms. The van der Waals surface area contributed by atoms with Crippen LogP contribution in [0.5, 0.6) is 0 Å². The van der Waals surface area contributed by atoms with Gasteiger partial charge in [0.05, 0.1) is 5.92 Å². The van der Waals surface area contributed by atoms with E-state index in [0.717, 1.165) is 11.1 Å². The van der Waals surface area contributed by atoms with Crippen LogP contribution in [0.4, 0.5) is 0 Å². The molecule has 2 amide bonds. The summed E-state index contributed by atoms with van der Waals surface area (Å²) in [5, 5.41) is 3.71. The number of halogens is 2. The lowest BCUT2D eigenvalue weighted by Crippen LogP contribution is -2.47. The molecule has 1 atom stereocenters. The highest BCUT2D eigenvalue weighted by atomic mass is 35.5. The third kappa shape index (κ3) is 5.37. The first-order chi connectivity index (χ1) is 14.0. The standard InChI is InChI=1S/C23H20Cl2N2O2/c24-18-12-11-17(19(25)14-18)13-20(22(26)28)27-23(29)21(15-7-3-1-4-8-15)16-9-5-2-6-10-16/h1-12,14,20-21H,13H2,(H2,26,28)(H,27,29)/t20-/m0/s1. The minimum Gasteiger partial charge on any atom is -0.368 e. The number of hydrogen-bond donors (Lipinski definition) is 2. The monoisotopic (exact) mass is 426 g/mol. The van der Waals surface area contributed by atoms with E-state index in [1.165, 1.54) is 0 Å². The van der Waals surface area contributed by atoms with Gasteiger partial charge >= 0.3 is 0 Å². The smallest absolute Gasteiger partial charge is 0.240 e. The van der Waals surface area contributed by atoms with Gasteiger partial charge in [-0.3, -0.25) is 9.59 Å². The first kappa shape index (κ1) is 20.9. The average molecular weight is 427 g/mol. The SMILES string of the molecule is NC(=O)[C@H](Cc1ccc(Cl)cc1Cl)NC(=O)C(c1ccccc1)c1ccccc1. The zero-order valence-corrected chi connectivity index (χ0v) is 17.0. The third-order valence-electron chi connectivity index (χ3n) is 4.63. The molecule has 3 aromatic rings. The largest absolute Gasteiger partial charge is 0.368 e. The van der Waals surface area contributed by atoms with Crippen LogP contribution in [0.2, 0.25) is 10.0 Å². The van der Waals surface area contributed by atoms with Crippen molar-refractivity contribution >= 4 is 35.0 Å². The van der Waals surface area contributed by atoms with Gasteiger partial charge in [-0.1, -0.05) is 89.9 Å². The Labute approximate surface area is 179 Å². The number of nitrogens with two attached hydrogens (primary N) is 1. The molecular formula is C23H20Cl2N2O2. The second-order valence-corrected chi connectivity index (χ2v) is 7.50. The Kier molecular flexibility index (Phi) is 6.91. The van der Waals surface area contributed by atoms with E-state index < -0.39 is 17.9 Å². The lowest BCUT2D eigenvalue weighted by atomic mass is 9.90. The Morgan fingerprint density at radius 2 is 1.41 bits per heavy atom. The van der Waals surface area contributed by atoms with E-state index in [-0.39, 0.29) is 12.3 Å². The molecule has 0 bridgehead atoms. The van der Waals surface area contributed by atoms with Crippen LogP contribution in [0.25, 0.3) is 0 Å². The van der Waals surface area contributed by atoms with Gasteiger partial charge in [0.25, 0.3) is 0 Å². The van der Waals surface area contributed by atoms with Gasteiger partial charge in [-0.25, -0.2) is 0 Å². The normalized spacial score (nSPS) is 11.8. The molecule has 148 valence electrons. The van der Waals surface area contributed by atoms with Crippen LogP contribution in [0.3, 0.4) is 0 Å². The molecular weight excluding hydrogens is 407 g/mol. The fourth-order valence-corrected chi connectivity index (χ4v) is 3.66. The lowest BCUT2D eigenvalue weighted by Gasteiger charge is -2.22. The van der Waals surface area contributed by atoms with Gasteiger partial charge in [0.2, 0.25) is 11.8 Å².